The molecule has 0 radical (unpaired) electrons. The zero-order valence-electron chi connectivity index (χ0n) is 11.2. The monoisotopic (exact) mass is 311 g/mol. The van der Waals surface area contributed by atoms with Gasteiger partial charge in [0.05, 0.1) is 11.7 Å². The number of likely N-dealkylation sites (tertiary alicyclic amines) is 1. The van der Waals surface area contributed by atoms with E-state index in [0.29, 0.717) is 12.0 Å². The predicted molar refractivity (Wildman–Crippen MR) is 78.6 cm³/mol. The topological polar surface area (TPSA) is 28.2 Å². The molecule has 18 heavy (non-hydrogen) atoms. The van der Waals surface area contributed by atoms with E-state index < -0.39 is 0 Å². The number of piperidine rings is 1. The lowest BCUT2D eigenvalue weighted by Crippen LogP contribution is -2.42. The lowest BCUT2D eigenvalue weighted by atomic mass is 9.86. The average Bonchev–Trinajstić information content (AvgIpc) is 2.40. The van der Waals surface area contributed by atoms with Crippen LogP contribution >= 0.6 is 15.9 Å². The van der Waals surface area contributed by atoms with Crippen molar-refractivity contribution in [1.82, 2.24) is 15.2 Å². The van der Waals surface area contributed by atoms with Crippen LogP contribution in [0, 0.1) is 5.92 Å². The summed E-state index contributed by atoms with van der Waals surface area (Å²) in [6.07, 6.45) is 4.50. The molecule has 1 saturated heterocycles. The third-order valence-electron chi connectivity index (χ3n) is 3.79. The van der Waals surface area contributed by atoms with Crippen LogP contribution in [0.4, 0.5) is 0 Å². The van der Waals surface area contributed by atoms with E-state index in [9.17, 15) is 0 Å². The first-order valence-electron chi connectivity index (χ1n) is 6.76. The molecule has 1 aliphatic heterocycles. The Morgan fingerprint density at radius 1 is 1.50 bits per heavy atom. The zero-order chi connectivity index (χ0) is 13.0. The van der Waals surface area contributed by atoms with Gasteiger partial charge in [0, 0.05) is 10.7 Å². The van der Waals surface area contributed by atoms with E-state index in [4.69, 9.17) is 0 Å². The highest BCUT2D eigenvalue weighted by molar-refractivity contribution is 9.10. The van der Waals surface area contributed by atoms with Crippen LogP contribution in [0.5, 0.6) is 0 Å². The predicted octanol–water partition coefficient (Wildman–Crippen LogP) is 2.84. The zero-order valence-corrected chi connectivity index (χ0v) is 12.8. The standard InChI is InChI=1S/C14H22BrN3/c1-3-18-8-4-5-11(9-16-2)14(18)13-7-6-12(15)10-17-13/h6-7,10-11,14,16H,3-5,8-9H2,1-2H3. The average molecular weight is 312 g/mol. The molecule has 0 spiro atoms. The molecule has 1 aromatic rings. The number of pyridine rings is 1. The molecule has 0 amide bonds. The number of hydrogen-bond donors (Lipinski definition) is 1. The maximum absolute atomic E-state index is 4.62. The fourth-order valence-electron chi connectivity index (χ4n) is 2.97. The lowest BCUT2D eigenvalue weighted by Gasteiger charge is -2.40. The van der Waals surface area contributed by atoms with Gasteiger partial charge in [-0.3, -0.25) is 9.88 Å². The molecule has 0 saturated carbocycles. The molecule has 2 heterocycles. The highest BCUT2D eigenvalue weighted by Crippen LogP contribution is 2.34. The summed E-state index contributed by atoms with van der Waals surface area (Å²) in [5.74, 6) is 0.664. The number of halogens is 1. The first kappa shape index (κ1) is 14.0. The van der Waals surface area contributed by atoms with Gasteiger partial charge < -0.3 is 5.32 Å². The Kier molecular flexibility index (Phi) is 5.15. The van der Waals surface area contributed by atoms with Crippen LogP contribution < -0.4 is 5.32 Å². The van der Waals surface area contributed by atoms with Crippen LogP contribution in [-0.2, 0) is 0 Å². The molecule has 100 valence electrons. The van der Waals surface area contributed by atoms with Crippen molar-refractivity contribution in [1.29, 1.82) is 0 Å². The smallest absolute Gasteiger partial charge is 0.0579 e. The van der Waals surface area contributed by atoms with E-state index >= 15 is 0 Å². The van der Waals surface area contributed by atoms with Gasteiger partial charge in [-0.05, 0) is 73.5 Å². The van der Waals surface area contributed by atoms with Crippen molar-refractivity contribution in [2.75, 3.05) is 26.7 Å². The van der Waals surface area contributed by atoms with E-state index in [2.05, 4.69) is 50.2 Å². The normalized spacial score (nSPS) is 25.3. The maximum atomic E-state index is 4.62. The Labute approximate surface area is 118 Å². The second-order valence-electron chi connectivity index (χ2n) is 4.93. The molecule has 3 nitrogen and oxygen atoms in total. The molecule has 0 bridgehead atoms. The molecule has 0 aliphatic carbocycles. The molecular formula is C14H22BrN3. The van der Waals surface area contributed by atoms with Gasteiger partial charge in [-0.15, -0.1) is 0 Å². The van der Waals surface area contributed by atoms with Gasteiger partial charge in [0.2, 0.25) is 0 Å². The van der Waals surface area contributed by atoms with Crippen molar-refractivity contribution in [3.05, 3.63) is 28.5 Å². The molecule has 0 aromatic carbocycles. The fourth-order valence-corrected chi connectivity index (χ4v) is 3.21. The van der Waals surface area contributed by atoms with Gasteiger partial charge in [0.25, 0.3) is 0 Å². The third kappa shape index (κ3) is 3.11. The molecule has 1 aromatic heterocycles. The molecular weight excluding hydrogens is 290 g/mol. The Hall–Kier alpha value is -0.450. The maximum Gasteiger partial charge on any atom is 0.0579 e. The Morgan fingerprint density at radius 3 is 2.94 bits per heavy atom. The van der Waals surface area contributed by atoms with Gasteiger partial charge in [-0.2, -0.15) is 0 Å². The van der Waals surface area contributed by atoms with Crippen molar-refractivity contribution in [2.24, 2.45) is 5.92 Å². The van der Waals surface area contributed by atoms with Crippen molar-refractivity contribution >= 4 is 15.9 Å². The number of aromatic nitrogens is 1. The van der Waals surface area contributed by atoms with E-state index in [1.54, 1.807) is 0 Å². The second kappa shape index (κ2) is 6.64. The lowest BCUT2D eigenvalue weighted by molar-refractivity contribution is 0.0951. The van der Waals surface area contributed by atoms with Crippen molar-refractivity contribution in [2.45, 2.75) is 25.8 Å². The molecule has 1 aliphatic rings. The minimum absolute atomic E-state index is 0.462. The van der Waals surface area contributed by atoms with Crippen molar-refractivity contribution < 1.29 is 0 Å². The van der Waals surface area contributed by atoms with Crippen LogP contribution in [0.15, 0.2) is 22.8 Å². The minimum atomic E-state index is 0.462. The van der Waals surface area contributed by atoms with E-state index in [-0.39, 0.29) is 0 Å². The Balaban J connectivity index is 2.24. The first-order valence-corrected chi connectivity index (χ1v) is 7.55. The number of nitrogens with one attached hydrogen (secondary N) is 1. The first-order chi connectivity index (χ1) is 8.76. The Bertz CT molecular complexity index is 364. The summed E-state index contributed by atoms with van der Waals surface area (Å²) < 4.78 is 1.05. The minimum Gasteiger partial charge on any atom is -0.319 e. The second-order valence-corrected chi connectivity index (χ2v) is 5.85. The number of rotatable bonds is 4. The summed E-state index contributed by atoms with van der Waals surface area (Å²) in [6.45, 7) is 5.61. The summed E-state index contributed by atoms with van der Waals surface area (Å²) >= 11 is 3.46. The highest BCUT2D eigenvalue weighted by Gasteiger charge is 2.32. The fraction of sp³-hybridized carbons (Fsp3) is 0.643. The molecule has 2 rings (SSSR count). The van der Waals surface area contributed by atoms with Crippen molar-refractivity contribution in [3.8, 4) is 0 Å². The molecule has 2 atom stereocenters. The van der Waals surface area contributed by atoms with Gasteiger partial charge in [0.15, 0.2) is 0 Å². The summed E-state index contributed by atoms with van der Waals surface area (Å²) in [7, 11) is 2.04. The largest absolute Gasteiger partial charge is 0.319 e. The summed E-state index contributed by atoms with van der Waals surface area (Å²) in [5.41, 5.74) is 1.21. The van der Waals surface area contributed by atoms with E-state index in [0.717, 1.165) is 17.6 Å². The SMILES string of the molecule is CCN1CCCC(CNC)C1c1ccc(Br)cn1. The summed E-state index contributed by atoms with van der Waals surface area (Å²) in [6, 6.07) is 4.72. The quantitative estimate of drug-likeness (QED) is 0.927. The Morgan fingerprint density at radius 2 is 2.33 bits per heavy atom. The summed E-state index contributed by atoms with van der Waals surface area (Å²) in [4.78, 5) is 7.17. The van der Waals surface area contributed by atoms with Crippen LogP contribution in [0.25, 0.3) is 0 Å². The van der Waals surface area contributed by atoms with Crippen molar-refractivity contribution in [3.63, 3.8) is 0 Å². The van der Waals surface area contributed by atoms with Gasteiger partial charge >= 0.3 is 0 Å². The number of hydrogen-bond acceptors (Lipinski definition) is 3. The van der Waals surface area contributed by atoms with Gasteiger partial charge in [-0.1, -0.05) is 6.92 Å². The van der Waals surface area contributed by atoms with E-state index in [1.165, 1.54) is 25.1 Å². The molecule has 1 fully saturated rings. The molecule has 4 heteroatoms. The molecule has 1 N–H and O–H groups in total. The highest BCUT2D eigenvalue weighted by atomic mass is 79.9. The van der Waals surface area contributed by atoms with Crippen LogP contribution in [0.2, 0.25) is 0 Å². The van der Waals surface area contributed by atoms with Crippen LogP contribution in [0.3, 0.4) is 0 Å². The third-order valence-corrected chi connectivity index (χ3v) is 4.26. The number of nitrogens with zero attached hydrogens (tertiary/aromatic N) is 2. The van der Waals surface area contributed by atoms with Gasteiger partial charge in [0.1, 0.15) is 0 Å². The van der Waals surface area contributed by atoms with E-state index in [1.807, 2.05) is 13.2 Å². The van der Waals surface area contributed by atoms with Crippen LogP contribution in [0.1, 0.15) is 31.5 Å². The molecule has 2 unspecified atom stereocenters. The summed E-state index contributed by atoms with van der Waals surface area (Å²) in [5, 5.41) is 3.33. The van der Waals surface area contributed by atoms with Crippen LogP contribution in [-0.4, -0.2) is 36.6 Å². The van der Waals surface area contributed by atoms with Gasteiger partial charge in [-0.25, -0.2) is 0 Å².